The molecule has 0 radical (unpaired) electrons. The summed E-state index contributed by atoms with van der Waals surface area (Å²) in [6, 6.07) is 0. The molecule has 0 aliphatic carbocycles. The second-order valence-electron chi connectivity index (χ2n) is 2.09. The monoisotopic (exact) mass is 227 g/mol. The van der Waals surface area contributed by atoms with Crippen LogP contribution in [0.3, 0.4) is 0 Å². The van der Waals surface area contributed by atoms with Gasteiger partial charge in [0.1, 0.15) is 0 Å². The van der Waals surface area contributed by atoms with E-state index >= 15 is 0 Å². The second kappa shape index (κ2) is 4.19. The van der Waals surface area contributed by atoms with E-state index in [0.29, 0.717) is 6.92 Å². The summed E-state index contributed by atoms with van der Waals surface area (Å²) in [6.07, 6.45) is 0. The van der Waals surface area contributed by atoms with Gasteiger partial charge in [-0.2, -0.15) is 0 Å². The van der Waals surface area contributed by atoms with Gasteiger partial charge in [-0.05, 0) is 22.1 Å². The van der Waals surface area contributed by atoms with Crippen molar-refractivity contribution in [2.45, 2.75) is 11.9 Å². The fraction of sp³-hybridized carbons (Fsp3) is 1.00. The fourth-order valence-corrected chi connectivity index (χ4v) is 1.35. The Kier molecular flexibility index (Phi) is 5.49. The first kappa shape index (κ1) is 15.7. The second-order valence-corrected chi connectivity index (χ2v) is 6.29. The number of hydrogen-bond acceptors (Lipinski definition) is 7. The summed E-state index contributed by atoms with van der Waals surface area (Å²) in [5.41, 5.74) is 4.49. The third-order valence-corrected chi connectivity index (χ3v) is 4.80. The van der Waals surface area contributed by atoms with Crippen LogP contribution in [0.4, 0.5) is 0 Å². The topological polar surface area (TPSA) is 152 Å². The minimum Gasteiger partial charge on any atom is -0.809 e. The summed E-state index contributed by atoms with van der Waals surface area (Å²) in [7, 11) is -11.2. The van der Waals surface area contributed by atoms with E-state index in [9.17, 15) is 28.7 Å². The molecule has 68 valence electrons. The van der Waals surface area contributed by atoms with Crippen LogP contribution in [0.2, 0.25) is 0 Å². The predicted octanol–water partition coefficient (Wildman–Crippen LogP) is -6.21. The first-order valence-electron chi connectivity index (χ1n) is 2.33. The van der Waals surface area contributed by atoms with E-state index in [-0.39, 0.29) is 33.8 Å². The molecule has 0 aliphatic heterocycles. The van der Waals surface area contributed by atoms with Gasteiger partial charge in [0.15, 0.2) is 0 Å². The van der Waals surface area contributed by atoms with E-state index in [1.807, 2.05) is 0 Å². The molecular formula is C2H8NNaO6P2. The zero-order chi connectivity index (χ0) is 9.50. The molecule has 0 aliphatic rings. The molecule has 0 unspecified atom stereocenters. The molecule has 0 atom stereocenters. The normalized spacial score (nSPS) is 13.8. The van der Waals surface area contributed by atoms with Crippen LogP contribution >= 0.6 is 15.2 Å². The van der Waals surface area contributed by atoms with Gasteiger partial charge in [-0.15, -0.1) is 0 Å². The number of hydrogen-bond donors (Lipinski definition) is 1. The van der Waals surface area contributed by atoms with Gasteiger partial charge in [0.2, 0.25) is 0 Å². The van der Waals surface area contributed by atoms with Gasteiger partial charge < -0.3 is 34.4 Å². The van der Waals surface area contributed by atoms with Gasteiger partial charge in [-0.3, -0.25) is 0 Å². The largest absolute Gasteiger partial charge is 1.00 e. The quantitative estimate of drug-likeness (QED) is 0.363. The van der Waals surface area contributed by atoms with E-state index in [0.717, 1.165) is 0 Å². The third-order valence-electron chi connectivity index (χ3n) is 1.11. The molecule has 0 bridgehead atoms. The zero-order valence-corrected chi connectivity index (χ0v) is 10.2. The van der Waals surface area contributed by atoms with Crippen LogP contribution in [0.5, 0.6) is 0 Å². The van der Waals surface area contributed by atoms with Crippen molar-refractivity contribution in [1.29, 1.82) is 0 Å². The molecule has 0 spiro atoms. The molecule has 0 saturated carbocycles. The van der Waals surface area contributed by atoms with Gasteiger partial charge in [0.05, 0.1) is 5.02 Å². The van der Waals surface area contributed by atoms with Gasteiger partial charge in [0.25, 0.3) is 0 Å². The summed E-state index contributed by atoms with van der Waals surface area (Å²) >= 11 is 0. The van der Waals surface area contributed by atoms with Crippen molar-refractivity contribution in [3.05, 3.63) is 0 Å². The summed E-state index contributed by atoms with van der Waals surface area (Å²) < 4.78 is 20.1. The van der Waals surface area contributed by atoms with E-state index in [4.69, 9.17) is 0 Å². The summed E-state index contributed by atoms with van der Waals surface area (Å²) in [5.74, 6) is 0. The molecule has 0 fully saturated rings. The van der Waals surface area contributed by atoms with Crippen molar-refractivity contribution in [1.82, 2.24) is 0 Å². The average molecular weight is 227 g/mol. The first-order chi connectivity index (χ1) is 4.50. The minimum atomic E-state index is -5.60. The van der Waals surface area contributed by atoms with Crippen LogP contribution in [0.1, 0.15) is 11.2 Å². The molecule has 0 aromatic rings. The number of rotatable bonds is 2. The Labute approximate surface area is 95.4 Å². The van der Waals surface area contributed by atoms with Crippen molar-refractivity contribution in [2.75, 3.05) is 0 Å². The number of nitrogens with two attached hydrogens (primary N) is 1. The molecule has 0 rings (SSSR count). The maximum absolute atomic E-state index is 10.1. The fourth-order valence-electron chi connectivity index (χ4n) is 0.150. The third kappa shape index (κ3) is 3.20. The SMILES string of the molecule is CC(N)(P(=O)([O-])[O-])P(=O)([O-])[O-].[H+].[H+].[H+].[Na+]. The molecule has 0 saturated heterocycles. The molecule has 7 nitrogen and oxygen atoms in total. The van der Waals surface area contributed by atoms with E-state index < -0.39 is 20.2 Å². The Bertz CT molecular complexity index is 227. The summed E-state index contributed by atoms with van der Waals surface area (Å²) in [6.45, 7) is 0.356. The van der Waals surface area contributed by atoms with Gasteiger partial charge in [-0.1, -0.05) is 0 Å². The molecule has 0 aromatic carbocycles. The standard InChI is InChI=1S/C2H9NO6P2.Na/c1-2(3,10(4,5)6)11(7,8)9;/h3H2,1H3,(H2,4,5,6)(H2,7,8,9);/q;+1/p-1. The van der Waals surface area contributed by atoms with Crippen molar-refractivity contribution >= 4 is 15.2 Å². The molecule has 0 aromatic heterocycles. The molecular weight excluding hydrogens is 219 g/mol. The van der Waals surface area contributed by atoms with E-state index in [2.05, 4.69) is 5.73 Å². The van der Waals surface area contributed by atoms with Crippen molar-refractivity contribution in [3.8, 4) is 0 Å². The molecule has 10 heteroatoms. The van der Waals surface area contributed by atoms with E-state index in [1.165, 1.54) is 0 Å². The van der Waals surface area contributed by atoms with Crippen LogP contribution in [0, 0.1) is 0 Å². The van der Waals surface area contributed by atoms with E-state index in [1.54, 1.807) is 0 Å². The van der Waals surface area contributed by atoms with Crippen LogP contribution in [0.25, 0.3) is 0 Å². The molecule has 0 amide bonds. The zero-order valence-electron chi connectivity index (χ0n) is 9.42. The average Bonchev–Trinajstić information content (AvgIpc) is 1.58. The molecule has 12 heavy (non-hydrogen) atoms. The van der Waals surface area contributed by atoms with Crippen LogP contribution < -0.4 is 54.9 Å². The van der Waals surface area contributed by atoms with Gasteiger partial charge in [-0.25, -0.2) is 0 Å². The maximum atomic E-state index is 10.1. The van der Waals surface area contributed by atoms with Crippen LogP contribution in [-0.2, 0) is 9.13 Å². The van der Waals surface area contributed by atoms with Crippen LogP contribution in [0.15, 0.2) is 0 Å². The molecule has 2 N–H and O–H groups in total. The Morgan fingerprint density at radius 2 is 1.33 bits per heavy atom. The van der Waals surface area contributed by atoms with Crippen molar-refractivity contribution in [2.24, 2.45) is 5.73 Å². The first-order valence-corrected chi connectivity index (χ1v) is 5.42. The Morgan fingerprint density at radius 3 is 1.33 bits per heavy atom. The predicted molar refractivity (Wildman–Crippen MR) is 31.1 cm³/mol. The Balaban J connectivity index is -0.0000000833. The summed E-state index contributed by atoms with van der Waals surface area (Å²) in [5, 5.41) is -3.24. The maximum Gasteiger partial charge on any atom is 1.00 e. The van der Waals surface area contributed by atoms with Crippen LogP contribution in [-0.4, -0.2) is 5.02 Å². The molecule has 0 heterocycles. The van der Waals surface area contributed by atoms with Gasteiger partial charge >= 0.3 is 33.8 Å². The van der Waals surface area contributed by atoms with Crippen molar-refractivity contribution in [3.63, 3.8) is 0 Å². The minimum absolute atomic E-state index is 0. The van der Waals surface area contributed by atoms with Gasteiger partial charge in [0, 0.05) is 0 Å². The Hall–Kier alpha value is 1.26. The summed E-state index contributed by atoms with van der Waals surface area (Å²) in [4.78, 5) is 40.3. The van der Waals surface area contributed by atoms with Crippen molar-refractivity contribution < 1.29 is 62.5 Å². The smallest absolute Gasteiger partial charge is 0.809 e. The Morgan fingerprint density at radius 1 is 1.17 bits per heavy atom.